The third kappa shape index (κ3) is 4.60. The van der Waals surface area contributed by atoms with Crippen LogP contribution in [0.5, 0.6) is 0 Å². The summed E-state index contributed by atoms with van der Waals surface area (Å²) in [6.45, 7) is 4.33. The first-order valence-corrected chi connectivity index (χ1v) is 10.3. The van der Waals surface area contributed by atoms with Gasteiger partial charge in [-0.3, -0.25) is 4.79 Å². The van der Waals surface area contributed by atoms with Crippen LogP contribution in [0.2, 0.25) is 0 Å². The minimum Gasteiger partial charge on any atom is -0.453 e. The van der Waals surface area contributed by atoms with E-state index in [1.54, 1.807) is 23.2 Å². The Hall–Kier alpha value is -2.42. The zero-order chi connectivity index (χ0) is 21.1. The third-order valence-corrected chi connectivity index (χ3v) is 5.71. The summed E-state index contributed by atoms with van der Waals surface area (Å²) in [5, 5.41) is 2.63. The molecule has 2 atom stereocenters. The number of amides is 2. The van der Waals surface area contributed by atoms with Crippen molar-refractivity contribution in [3.05, 3.63) is 40.5 Å². The quantitative estimate of drug-likeness (QED) is 0.696. The molecule has 9 heteroatoms. The topological polar surface area (TPSA) is 87.3 Å². The van der Waals surface area contributed by atoms with Crippen molar-refractivity contribution >= 4 is 27.9 Å². The van der Waals surface area contributed by atoms with Gasteiger partial charge in [-0.15, -0.1) is 0 Å². The minimum atomic E-state index is -0.682. The number of likely N-dealkylation sites (tertiary alicyclic amines) is 1. The van der Waals surface area contributed by atoms with Gasteiger partial charge >= 0.3 is 6.09 Å². The molecule has 0 spiro atoms. The van der Waals surface area contributed by atoms with Crippen LogP contribution in [-0.2, 0) is 9.53 Å². The summed E-state index contributed by atoms with van der Waals surface area (Å²) < 4.78 is 18.9. The first kappa shape index (κ1) is 21.3. The number of nitrogens with one attached hydrogen (secondary N) is 2. The van der Waals surface area contributed by atoms with Gasteiger partial charge in [-0.2, -0.15) is 0 Å². The minimum absolute atomic E-state index is 0.0965. The Labute approximate surface area is 177 Å². The van der Waals surface area contributed by atoms with E-state index in [0.717, 1.165) is 12.8 Å². The van der Waals surface area contributed by atoms with Gasteiger partial charge < -0.3 is 19.9 Å². The Bertz CT molecular complexity index is 902. The van der Waals surface area contributed by atoms with E-state index in [1.807, 2.05) is 13.8 Å². The highest BCUT2D eigenvalue weighted by Gasteiger charge is 2.37. The van der Waals surface area contributed by atoms with Crippen molar-refractivity contribution in [2.75, 3.05) is 13.7 Å². The Morgan fingerprint density at radius 2 is 2.17 bits per heavy atom. The highest BCUT2D eigenvalue weighted by molar-refractivity contribution is 9.10. The van der Waals surface area contributed by atoms with Gasteiger partial charge in [-0.25, -0.2) is 14.2 Å². The van der Waals surface area contributed by atoms with Crippen LogP contribution in [0.1, 0.15) is 38.6 Å². The molecular formula is C20H24BrFN4O3. The standard InChI is InChI=1S/C20H24BrFN4O3/c1-11(2)17(25-20(28)29-3)19(27)26-8-4-5-16(26)18-23-10-15(24-18)12-6-7-13(21)14(22)9-12/h6-7,9-11,16-17H,4-5,8H2,1-3H3,(H,23,24)(H,25,28)/t16?,17-/m0/s1. The lowest BCUT2D eigenvalue weighted by Crippen LogP contribution is -2.51. The molecule has 1 saturated heterocycles. The predicted molar refractivity (Wildman–Crippen MR) is 110 cm³/mol. The van der Waals surface area contributed by atoms with Crippen molar-refractivity contribution in [3.63, 3.8) is 0 Å². The molecule has 0 aliphatic carbocycles. The maximum Gasteiger partial charge on any atom is 0.407 e. The fraction of sp³-hybridized carbons (Fsp3) is 0.450. The second-order valence-electron chi connectivity index (χ2n) is 7.36. The van der Waals surface area contributed by atoms with Crippen LogP contribution in [0.25, 0.3) is 11.3 Å². The lowest BCUT2D eigenvalue weighted by molar-refractivity contribution is -0.135. The number of benzene rings is 1. The van der Waals surface area contributed by atoms with E-state index in [1.165, 1.54) is 13.2 Å². The van der Waals surface area contributed by atoms with Gasteiger partial charge in [0, 0.05) is 12.1 Å². The molecule has 2 amide bonds. The largest absolute Gasteiger partial charge is 0.453 e. The van der Waals surface area contributed by atoms with Gasteiger partial charge in [0.1, 0.15) is 17.7 Å². The second-order valence-corrected chi connectivity index (χ2v) is 8.21. The van der Waals surface area contributed by atoms with Crippen molar-refractivity contribution in [1.82, 2.24) is 20.2 Å². The summed E-state index contributed by atoms with van der Waals surface area (Å²) in [4.78, 5) is 34.2. The molecule has 2 N–H and O–H groups in total. The molecule has 0 radical (unpaired) electrons. The van der Waals surface area contributed by atoms with Crippen LogP contribution in [0.15, 0.2) is 28.9 Å². The average molecular weight is 467 g/mol. The fourth-order valence-corrected chi connectivity index (χ4v) is 3.76. The molecule has 0 saturated carbocycles. The first-order chi connectivity index (χ1) is 13.8. The van der Waals surface area contributed by atoms with E-state index in [-0.39, 0.29) is 23.7 Å². The molecule has 1 unspecified atom stereocenters. The van der Waals surface area contributed by atoms with Gasteiger partial charge in [0.15, 0.2) is 0 Å². The fourth-order valence-electron chi connectivity index (χ4n) is 3.51. The molecule has 2 heterocycles. The van der Waals surface area contributed by atoms with Crippen LogP contribution in [0.3, 0.4) is 0 Å². The first-order valence-electron chi connectivity index (χ1n) is 9.47. The summed E-state index contributed by atoms with van der Waals surface area (Å²) in [5.74, 6) is 0.0287. The molecular weight excluding hydrogens is 443 g/mol. The molecule has 2 aromatic rings. The summed E-state index contributed by atoms with van der Waals surface area (Å²) >= 11 is 3.15. The average Bonchev–Trinajstić information content (AvgIpc) is 3.36. The van der Waals surface area contributed by atoms with Crippen LogP contribution >= 0.6 is 15.9 Å². The molecule has 7 nitrogen and oxygen atoms in total. The maximum atomic E-state index is 13.9. The van der Waals surface area contributed by atoms with E-state index in [0.29, 0.717) is 28.1 Å². The number of hydrogen-bond acceptors (Lipinski definition) is 4. The SMILES string of the molecule is COC(=O)N[C@H](C(=O)N1CCCC1c1ncc(-c2ccc(Br)c(F)c2)[nH]1)C(C)C. The number of hydrogen-bond donors (Lipinski definition) is 2. The van der Waals surface area contributed by atoms with Crippen LogP contribution < -0.4 is 5.32 Å². The lowest BCUT2D eigenvalue weighted by atomic mass is 10.0. The summed E-state index contributed by atoms with van der Waals surface area (Å²) in [5.41, 5.74) is 1.35. The molecule has 1 aromatic carbocycles. The third-order valence-electron chi connectivity index (χ3n) is 5.07. The van der Waals surface area contributed by atoms with E-state index in [4.69, 9.17) is 0 Å². The Kier molecular flexibility index (Phi) is 6.56. The van der Waals surface area contributed by atoms with Crippen LogP contribution in [0, 0.1) is 11.7 Å². The van der Waals surface area contributed by atoms with E-state index in [9.17, 15) is 14.0 Å². The summed E-state index contributed by atoms with van der Waals surface area (Å²) in [7, 11) is 1.27. The van der Waals surface area contributed by atoms with Gasteiger partial charge in [-0.1, -0.05) is 19.9 Å². The van der Waals surface area contributed by atoms with Crippen molar-refractivity contribution in [3.8, 4) is 11.3 Å². The van der Waals surface area contributed by atoms with Crippen LogP contribution in [-0.4, -0.2) is 46.6 Å². The van der Waals surface area contributed by atoms with Crippen molar-refractivity contribution in [1.29, 1.82) is 0 Å². The van der Waals surface area contributed by atoms with Gasteiger partial charge in [0.05, 0.1) is 29.5 Å². The Morgan fingerprint density at radius 3 is 2.83 bits per heavy atom. The summed E-state index contributed by atoms with van der Waals surface area (Å²) in [6, 6.07) is 3.95. The van der Waals surface area contributed by atoms with E-state index < -0.39 is 12.1 Å². The lowest BCUT2D eigenvalue weighted by Gasteiger charge is -2.30. The number of rotatable bonds is 5. The molecule has 1 aliphatic heterocycles. The normalized spacial score (nSPS) is 17.4. The van der Waals surface area contributed by atoms with Gasteiger partial charge in [0.2, 0.25) is 5.91 Å². The van der Waals surface area contributed by atoms with E-state index >= 15 is 0 Å². The molecule has 0 bridgehead atoms. The van der Waals surface area contributed by atoms with Crippen molar-refractivity contribution in [2.24, 2.45) is 5.92 Å². The number of aromatic nitrogens is 2. The summed E-state index contributed by atoms with van der Waals surface area (Å²) in [6.07, 6.45) is 2.61. The van der Waals surface area contributed by atoms with Crippen molar-refractivity contribution in [2.45, 2.75) is 38.8 Å². The Balaban J connectivity index is 1.81. The van der Waals surface area contributed by atoms with Crippen LogP contribution in [0.4, 0.5) is 9.18 Å². The van der Waals surface area contributed by atoms with Gasteiger partial charge in [0.25, 0.3) is 0 Å². The second kappa shape index (κ2) is 8.94. The number of ether oxygens (including phenoxy) is 1. The number of carbonyl (C=O) groups excluding carboxylic acids is 2. The smallest absolute Gasteiger partial charge is 0.407 e. The van der Waals surface area contributed by atoms with Gasteiger partial charge in [-0.05, 0) is 46.8 Å². The number of methoxy groups -OCH3 is 1. The maximum absolute atomic E-state index is 13.9. The number of alkyl carbamates (subject to hydrolysis) is 1. The number of nitrogens with zero attached hydrogens (tertiary/aromatic N) is 2. The Morgan fingerprint density at radius 1 is 1.41 bits per heavy atom. The number of carbonyl (C=O) groups is 2. The molecule has 156 valence electrons. The van der Waals surface area contributed by atoms with E-state index in [2.05, 4.69) is 36.0 Å². The highest BCUT2D eigenvalue weighted by Crippen LogP contribution is 2.33. The highest BCUT2D eigenvalue weighted by atomic mass is 79.9. The molecule has 3 rings (SSSR count). The van der Waals surface area contributed by atoms with Crippen molar-refractivity contribution < 1.29 is 18.7 Å². The molecule has 29 heavy (non-hydrogen) atoms. The number of H-pyrrole nitrogens is 1. The zero-order valence-corrected chi connectivity index (χ0v) is 18.1. The number of halogens is 2. The monoisotopic (exact) mass is 466 g/mol. The predicted octanol–water partition coefficient (Wildman–Crippen LogP) is 4.02. The number of aromatic amines is 1. The molecule has 1 aromatic heterocycles. The molecule has 1 fully saturated rings. The zero-order valence-electron chi connectivity index (χ0n) is 16.5. The number of imidazole rings is 1. The molecule has 1 aliphatic rings.